The van der Waals surface area contributed by atoms with Gasteiger partial charge in [0.25, 0.3) is 0 Å². The van der Waals surface area contributed by atoms with Crippen molar-refractivity contribution in [1.82, 2.24) is 20.1 Å². The van der Waals surface area contributed by atoms with Crippen LogP contribution in [0.2, 0.25) is 0 Å². The number of hydrogen-bond donors (Lipinski definition) is 4. The van der Waals surface area contributed by atoms with E-state index < -0.39 is 11.5 Å². The lowest BCUT2D eigenvalue weighted by molar-refractivity contribution is -0.144. The van der Waals surface area contributed by atoms with E-state index in [1.165, 1.54) is 11.3 Å². The Kier molecular flexibility index (Phi) is 8.80. The Labute approximate surface area is 234 Å². The highest BCUT2D eigenvalue weighted by Crippen LogP contribution is 2.62. The molecule has 1 aromatic heterocycles. The summed E-state index contributed by atoms with van der Waals surface area (Å²) in [4.78, 5) is 36.1. The Morgan fingerprint density at radius 3 is 2.51 bits per heavy atom. The molecule has 0 unspecified atom stereocenters. The molecule has 0 radical (unpaired) electrons. The second-order valence-electron chi connectivity index (χ2n) is 11.9. The van der Waals surface area contributed by atoms with E-state index in [0.29, 0.717) is 50.8 Å². The standard InChI is InChI=1S/C27H43N5O6S/c1-26-4-3-21(34)27(2,17-33)20(26)16-19-23(29-24(39-19)30-25(36)32-9-13-38-14-10-32)18(26)15-22(35)28-5-6-31-7-11-37-12-8-31/h18,20-21,33-34H,3-17H2,1-2H3,(H,28,35)(H,29,30,36)/t18-,20+,21-,26+,27+/m1/s1. The Bertz CT molecular complexity index is 1030. The van der Waals surface area contributed by atoms with Crippen molar-refractivity contribution in [2.24, 2.45) is 16.7 Å². The summed E-state index contributed by atoms with van der Waals surface area (Å²) in [7, 11) is 0. The molecule has 3 heterocycles. The monoisotopic (exact) mass is 565 g/mol. The van der Waals surface area contributed by atoms with Crippen molar-refractivity contribution >= 4 is 28.4 Å². The lowest BCUT2D eigenvalue weighted by Gasteiger charge is -2.58. The van der Waals surface area contributed by atoms with Gasteiger partial charge in [-0.2, -0.15) is 0 Å². The number of nitrogens with one attached hydrogen (secondary N) is 2. The SMILES string of the molecule is C[C@]1(CO)[C@H]2Cc3sc(NC(=O)N4CCOCC4)nc3[C@@H](CC(=O)NCCN3CCOCC3)[C@]2(C)CC[C@H]1O. The second kappa shape index (κ2) is 12.0. The predicted octanol–water partition coefficient (Wildman–Crippen LogP) is 1.26. The average Bonchev–Trinajstić information content (AvgIpc) is 3.35. The number of anilines is 1. The number of aliphatic hydroxyl groups is 2. The van der Waals surface area contributed by atoms with Gasteiger partial charge in [0, 0.05) is 61.9 Å². The summed E-state index contributed by atoms with van der Waals surface area (Å²) in [6.07, 6.45) is 1.63. The lowest BCUT2D eigenvalue weighted by Crippen LogP contribution is -2.57. The smallest absolute Gasteiger partial charge is 0.323 e. The highest BCUT2D eigenvalue weighted by atomic mass is 32.1. The number of ether oxygens (including phenoxy) is 2. The van der Waals surface area contributed by atoms with Crippen molar-refractivity contribution in [3.05, 3.63) is 10.6 Å². The van der Waals surface area contributed by atoms with Crippen LogP contribution in [-0.2, 0) is 20.7 Å². The largest absolute Gasteiger partial charge is 0.396 e. The molecule has 11 nitrogen and oxygen atoms in total. The van der Waals surface area contributed by atoms with Crippen LogP contribution in [0.25, 0.3) is 0 Å². The van der Waals surface area contributed by atoms with Crippen LogP contribution in [0.4, 0.5) is 9.93 Å². The van der Waals surface area contributed by atoms with Crippen molar-refractivity contribution in [3.8, 4) is 0 Å². The van der Waals surface area contributed by atoms with Gasteiger partial charge in [-0.15, -0.1) is 11.3 Å². The third kappa shape index (κ3) is 5.82. The minimum absolute atomic E-state index is 0.0233. The maximum atomic E-state index is 13.3. The molecule has 2 aliphatic heterocycles. The average molecular weight is 566 g/mol. The van der Waals surface area contributed by atoms with Gasteiger partial charge in [-0.05, 0) is 30.6 Å². The number of nitrogens with zero attached hydrogens (tertiary/aromatic N) is 3. The number of morpholine rings is 2. The first-order chi connectivity index (χ1) is 18.7. The van der Waals surface area contributed by atoms with Gasteiger partial charge in [0.05, 0.1) is 44.8 Å². The van der Waals surface area contributed by atoms with Crippen LogP contribution in [0, 0.1) is 16.7 Å². The number of urea groups is 1. The zero-order valence-corrected chi connectivity index (χ0v) is 23.9. The van der Waals surface area contributed by atoms with E-state index >= 15 is 0 Å². The van der Waals surface area contributed by atoms with Gasteiger partial charge >= 0.3 is 6.03 Å². The van der Waals surface area contributed by atoms with Crippen LogP contribution in [-0.4, -0.2) is 115 Å². The first-order valence-corrected chi connectivity index (χ1v) is 15.0. The van der Waals surface area contributed by atoms with Crippen LogP contribution in [0.5, 0.6) is 0 Å². The van der Waals surface area contributed by atoms with Crippen LogP contribution in [0.15, 0.2) is 0 Å². The first kappa shape index (κ1) is 28.7. The molecule has 2 saturated heterocycles. The molecule has 0 spiro atoms. The summed E-state index contributed by atoms with van der Waals surface area (Å²) in [5.74, 6) is -0.233. The second-order valence-corrected chi connectivity index (χ2v) is 13.0. The Balaban J connectivity index is 1.36. The van der Waals surface area contributed by atoms with Gasteiger partial charge in [0.2, 0.25) is 5.91 Å². The van der Waals surface area contributed by atoms with Crippen molar-refractivity contribution in [1.29, 1.82) is 0 Å². The van der Waals surface area contributed by atoms with Crippen LogP contribution in [0.1, 0.15) is 49.6 Å². The maximum Gasteiger partial charge on any atom is 0.323 e. The Morgan fingerprint density at radius 1 is 1.13 bits per heavy atom. The van der Waals surface area contributed by atoms with E-state index in [1.54, 1.807) is 4.90 Å². The van der Waals surface area contributed by atoms with Gasteiger partial charge in [-0.3, -0.25) is 15.0 Å². The van der Waals surface area contributed by atoms with E-state index in [9.17, 15) is 19.8 Å². The fraction of sp³-hybridized carbons (Fsp3) is 0.815. The highest BCUT2D eigenvalue weighted by Gasteiger charge is 2.59. The summed E-state index contributed by atoms with van der Waals surface area (Å²) in [5.41, 5.74) is -0.141. The number of rotatable bonds is 7. The third-order valence-corrected chi connectivity index (χ3v) is 10.7. The van der Waals surface area contributed by atoms with Crippen LogP contribution < -0.4 is 10.6 Å². The minimum atomic E-state index is -0.684. The summed E-state index contributed by atoms with van der Waals surface area (Å²) < 4.78 is 10.8. The highest BCUT2D eigenvalue weighted by molar-refractivity contribution is 7.15. The molecule has 3 amide bonds. The molecule has 1 aromatic rings. The molecular weight excluding hydrogens is 522 g/mol. The summed E-state index contributed by atoms with van der Waals surface area (Å²) in [5, 5.41) is 28.0. The number of carbonyl (C=O) groups is 2. The van der Waals surface area contributed by atoms with Crippen molar-refractivity contribution in [2.75, 3.05) is 77.6 Å². The fourth-order valence-corrected chi connectivity index (χ4v) is 8.13. The number of aliphatic hydroxyl groups excluding tert-OH is 2. The molecule has 0 bridgehead atoms. The van der Waals surface area contributed by atoms with Gasteiger partial charge < -0.3 is 29.9 Å². The zero-order chi connectivity index (χ0) is 27.6. The van der Waals surface area contributed by atoms with Gasteiger partial charge in [0.15, 0.2) is 5.13 Å². The Morgan fingerprint density at radius 2 is 1.82 bits per heavy atom. The Hall–Kier alpha value is -1.83. The van der Waals surface area contributed by atoms with E-state index in [4.69, 9.17) is 14.5 Å². The van der Waals surface area contributed by atoms with E-state index in [2.05, 4.69) is 22.5 Å². The quantitative estimate of drug-likeness (QED) is 0.388. The zero-order valence-electron chi connectivity index (χ0n) is 23.1. The van der Waals surface area contributed by atoms with Crippen molar-refractivity contribution in [3.63, 3.8) is 0 Å². The number of aromatic nitrogens is 1. The van der Waals surface area contributed by atoms with Crippen LogP contribution >= 0.6 is 11.3 Å². The van der Waals surface area contributed by atoms with Gasteiger partial charge in [-0.1, -0.05) is 13.8 Å². The molecule has 4 aliphatic rings. The molecule has 39 heavy (non-hydrogen) atoms. The molecule has 12 heteroatoms. The summed E-state index contributed by atoms with van der Waals surface area (Å²) in [6.45, 7) is 10.7. The van der Waals surface area contributed by atoms with Crippen molar-refractivity contribution in [2.45, 2.75) is 51.6 Å². The number of thiazole rings is 1. The van der Waals surface area contributed by atoms with Gasteiger partial charge in [-0.25, -0.2) is 9.78 Å². The summed E-state index contributed by atoms with van der Waals surface area (Å²) >= 11 is 1.45. The number of hydrogen-bond acceptors (Lipinski definition) is 9. The number of carbonyl (C=O) groups excluding carboxylic acids is 2. The number of amides is 3. The van der Waals surface area contributed by atoms with E-state index in [0.717, 1.165) is 49.8 Å². The predicted molar refractivity (Wildman–Crippen MR) is 147 cm³/mol. The molecule has 5 atom stereocenters. The molecule has 5 rings (SSSR count). The molecule has 1 saturated carbocycles. The van der Waals surface area contributed by atoms with E-state index in [1.807, 2.05) is 6.92 Å². The molecule has 2 aliphatic carbocycles. The van der Waals surface area contributed by atoms with Gasteiger partial charge in [0.1, 0.15) is 0 Å². The minimum Gasteiger partial charge on any atom is -0.396 e. The fourth-order valence-electron chi connectivity index (χ4n) is 7.07. The third-order valence-electron chi connectivity index (χ3n) is 9.65. The number of fused-ring (bicyclic) bond motifs is 2. The van der Waals surface area contributed by atoms with Crippen LogP contribution in [0.3, 0.4) is 0 Å². The van der Waals surface area contributed by atoms with Crippen molar-refractivity contribution < 1.29 is 29.3 Å². The normalized spacial score (nSPS) is 33.2. The van der Waals surface area contributed by atoms with E-state index in [-0.39, 0.29) is 42.2 Å². The molecule has 218 valence electrons. The molecule has 4 N–H and O–H groups in total. The lowest BCUT2D eigenvalue weighted by atomic mass is 9.47. The molecular formula is C27H43N5O6S. The maximum absolute atomic E-state index is 13.3. The summed E-state index contributed by atoms with van der Waals surface area (Å²) in [6, 6.07) is -0.193. The molecule has 0 aromatic carbocycles. The topological polar surface area (TPSA) is 136 Å². The molecule has 3 fully saturated rings. The first-order valence-electron chi connectivity index (χ1n) is 14.2.